The van der Waals surface area contributed by atoms with Gasteiger partial charge in [-0.2, -0.15) is 65.9 Å². The fraction of sp³-hybridized carbons (Fsp3) is 0.688. The zero-order valence-corrected chi connectivity index (χ0v) is 17.2. The van der Waals surface area contributed by atoms with Crippen LogP contribution >= 0.6 is 0 Å². The van der Waals surface area contributed by atoms with Crippen molar-refractivity contribution in [3.8, 4) is 0 Å². The third-order valence-electron chi connectivity index (χ3n) is 3.57. The molecule has 0 aliphatic heterocycles. The van der Waals surface area contributed by atoms with Crippen molar-refractivity contribution < 1.29 is 94.5 Å². The lowest BCUT2D eigenvalue weighted by molar-refractivity contribution is -0.316. The van der Waals surface area contributed by atoms with Gasteiger partial charge in [-0.3, -0.25) is 9.59 Å². The molecule has 0 aromatic rings. The molecular weight excluding hydrogens is 573 g/mol. The Balaban J connectivity index is 5.98. The van der Waals surface area contributed by atoms with Gasteiger partial charge in [0.2, 0.25) is 0 Å². The molecule has 0 aromatic carbocycles. The number of halogens is 15. The van der Waals surface area contributed by atoms with Gasteiger partial charge in [0.15, 0.2) is 6.61 Å². The average Bonchev–Trinajstić information content (AvgIpc) is 2.63. The third kappa shape index (κ3) is 12.3. The molecule has 21 heteroatoms. The molecule has 0 amide bonds. The molecule has 1 unspecified atom stereocenters. The van der Waals surface area contributed by atoms with Gasteiger partial charge in [0.05, 0.1) is 12.3 Å². The first-order valence-corrected chi connectivity index (χ1v) is 8.74. The second kappa shape index (κ2) is 11.7. The number of hydrogen-bond donors (Lipinski definition) is 0. The van der Waals surface area contributed by atoms with E-state index in [-0.39, 0.29) is 0 Å². The minimum Gasteiger partial charge on any atom is -0.453 e. The molecule has 0 aromatic heterocycles. The predicted molar refractivity (Wildman–Crippen MR) is 82.9 cm³/mol. The van der Waals surface area contributed by atoms with Gasteiger partial charge >= 0.3 is 48.8 Å². The summed E-state index contributed by atoms with van der Waals surface area (Å²) in [4.78, 5) is 34.9. The van der Waals surface area contributed by atoms with Crippen LogP contribution in [0.25, 0.3) is 0 Å². The summed E-state index contributed by atoms with van der Waals surface area (Å²) in [5.74, 6) is -10.5. The second-order valence-electron chi connectivity index (χ2n) is 6.75. The molecule has 0 aliphatic rings. The highest BCUT2D eigenvalue weighted by Gasteiger charge is 2.61. The number of esters is 3. The van der Waals surface area contributed by atoms with Crippen LogP contribution in [0.1, 0.15) is 12.8 Å². The lowest BCUT2D eigenvalue weighted by Crippen LogP contribution is -2.47. The van der Waals surface area contributed by atoms with Crippen LogP contribution in [0.5, 0.6) is 0 Å². The van der Waals surface area contributed by atoms with Crippen molar-refractivity contribution in [2.75, 3.05) is 6.61 Å². The summed E-state index contributed by atoms with van der Waals surface area (Å²) in [5, 5.41) is 0. The van der Waals surface area contributed by atoms with Gasteiger partial charge in [0.25, 0.3) is 12.2 Å². The fourth-order valence-electron chi connectivity index (χ4n) is 2.10. The Morgan fingerprint density at radius 1 is 0.622 bits per heavy atom. The quantitative estimate of drug-likeness (QED) is 0.162. The van der Waals surface area contributed by atoms with Crippen molar-refractivity contribution in [2.24, 2.45) is 5.92 Å². The molecule has 0 rings (SSSR count). The number of carbonyl (C=O) groups excluding carboxylic acids is 3. The normalized spacial score (nSPS) is 14.4. The van der Waals surface area contributed by atoms with E-state index in [2.05, 4.69) is 20.8 Å². The van der Waals surface area contributed by atoms with Crippen molar-refractivity contribution in [3.63, 3.8) is 0 Å². The Kier molecular flexibility index (Phi) is 10.7. The monoisotopic (exact) mass is 584 g/mol. The molecule has 0 bridgehead atoms. The van der Waals surface area contributed by atoms with Gasteiger partial charge in [0, 0.05) is 5.57 Å². The largest absolute Gasteiger partial charge is 0.453 e. The molecule has 37 heavy (non-hydrogen) atoms. The summed E-state index contributed by atoms with van der Waals surface area (Å²) in [6.07, 6.45) is -44.2. The van der Waals surface area contributed by atoms with Gasteiger partial charge in [-0.15, -0.1) is 0 Å². The van der Waals surface area contributed by atoms with E-state index in [0.717, 1.165) is 0 Å². The highest BCUT2D eigenvalue weighted by molar-refractivity contribution is 5.89. The molecule has 0 aliphatic carbocycles. The van der Waals surface area contributed by atoms with Crippen molar-refractivity contribution >= 4 is 17.9 Å². The van der Waals surface area contributed by atoms with Crippen LogP contribution in [0.2, 0.25) is 0 Å². The molecule has 0 heterocycles. The van der Waals surface area contributed by atoms with Crippen molar-refractivity contribution in [1.82, 2.24) is 0 Å². The van der Waals surface area contributed by atoms with E-state index in [4.69, 9.17) is 0 Å². The topological polar surface area (TPSA) is 78.9 Å². The van der Waals surface area contributed by atoms with Gasteiger partial charge in [-0.1, -0.05) is 6.58 Å². The van der Waals surface area contributed by atoms with Crippen molar-refractivity contribution in [2.45, 2.75) is 55.9 Å². The molecule has 0 saturated heterocycles. The molecule has 216 valence electrons. The average molecular weight is 584 g/mol. The lowest BCUT2D eigenvalue weighted by atomic mass is 9.96. The number of hydrogen-bond acceptors (Lipinski definition) is 6. The summed E-state index contributed by atoms with van der Waals surface area (Å²) >= 11 is 0. The summed E-state index contributed by atoms with van der Waals surface area (Å²) in [5.41, 5.74) is -1.38. The van der Waals surface area contributed by atoms with Crippen LogP contribution in [-0.4, -0.2) is 67.6 Å². The Hall–Kier alpha value is -2.90. The van der Waals surface area contributed by atoms with Crippen LogP contribution in [0.4, 0.5) is 65.9 Å². The molecule has 6 nitrogen and oxygen atoms in total. The maximum absolute atomic E-state index is 12.6. The zero-order chi connectivity index (χ0) is 29.8. The van der Waals surface area contributed by atoms with Crippen LogP contribution in [0, 0.1) is 5.92 Å². The van der Waals surface area contributed by atoms with E-state index in [1.807, 2.05) is 0 Å². The molecule has 1 atom stereocenters. The summed E-state index contributed by atoms with van der Waals surface area (Å²) in [6.45, 7) is 0.366. The number of rotatable bonds is 9. The maximum atomic E-state index is 12.6. The SMILES string of the molecule is C=C(CC(CC(=O)OC(C(F)(F)F)C(F)(F)F)C(=O)OC(C(F)(F)F)C(F)(F)F)C(=O)OCC(F)(F)F. The first-order chi connectivity index (χ1) is 16.2. The molecule has 0 fully saturated rings. The highest BCUT2D eigenvalue weighted by atomic mass is 19.4. The van der Waals surface area contributed by atoms with Gasteiger partial charge in [-0.05, 0) is 6.42 Å². The summed E-state index contributed by atoms with van der Waals surface area (Å²) in [6, 6.07) is 0. The van der Waals surface area contributed by atoms with Crippen molar-refractivity contribution in [1.29, 1.82) is 0 Å². The number of carbonyl (C=O) groups is 3. The Morgan fingerprint density at radius 3 is 1.35 bits per heavy atom. The van der Waals surface area contributed by atoms with E-state index in [0.29, 0.717) is 0 Å². The van der Waals surface area contributed by atoms with Crippen LogP contribution in [-0.2, 0) is 28.6 Å². The predicted octanol–water partition coefficient (Wildman–Crippen LogP) is 5.12. The molecule has 0 saturated carbocycles. The number of ether oxygens (including phenoxy) is 3. The molecule has 0 radical (unpaired) electrons. The van der Waals surface area contributed by atoms with Crippen LogP contribution < -0.4 is 0 Å². The fourth-order valence-corrected chi connectivity index (χ4v) is 2.10. The second-order valence-corrected chi connectivity index (χ2v) is 6.75. The van der Waals surface area contributed by atoms with E-state index in [1.54, 1.807) is 0 Å². The third-order valence-corrected chi connectivity index (χ3v) is 3.57. The first kappa shape index (κ1) is 34.1. The first-order valence-electron chi connectivity index (χ1n) is 8.74. The number of alkyl halides is 15. The van der Waals surface area contributed by atoms with Gasteiger partial charge < -0.3 is 14.2 Å². The Labute approximate surface area is 194 Å². The lowest BCUT2D eigenvalue weighted by Gasteiger charge is -2.26. The van der Waals surface area contributed by atoms with Gasteiger partial charge in [0.1, 0.15) is 0 Å². The Morgan fingerprint density at radius 2 is 1.00 bits per heavy atom. The molecule has 0 spiro atoms. The zero-order valence-electron chi connectivity index (χ0n) is 17.2. The van der Waals surface area contributed by atoms with Crippen LogP contribution in [0.15, 0.2) is 12.2 Å². The summed E-state index contributed by atoms with van der Waals surface area (Å²) in [7, 11) is 0. The molecule has 0 N–H and O–H groups in total. The minimum absolute atomic E-state index is 1.38. The van der Waals surface area contributed by atoms with E-state index in [9.17, 15) is 80.2 Å². The Bertz CT molecular complexity index is 806. The smallest absolute Gasteiger partial charge is 0.434 e. The standard InChI is InChI=1S/C16H11F15O6/c1-5(8(33)35-4-12(17,18)19)2-6(9(34)37-11(15(26,27)28)16(29,30)31)3-7(32)36-10(13(20,21)22)14(23,24)25/h6,10-11H,1-4H2. The minimum atomic E-state index is -6.38. The maximum Gasteiger partial charge on any atom is 0.434 e. The van der Waals surface area contributed by atoms with E-state index >= 15 is 0 Å². The van der Waals surface area contributed by atoms with Crippen LogP contribution in [0.3, 0.4) is 0 Å². The van der Waals surface area contributed by atoms with E-state index < -0.39 is 91.9 Å². The van der Waals surface area contributed by atoms with Crippen molar-refractivity contribution in [3.05, 3.63) is 12.2 Å². The van der Waals surface area contributed by atoms with Gasteiger partial charge in [-0.25, -0.2) is 4.79 Å². The molecular formula is C16H11F15O6. The summed E-state index contributed by atoms with van der Waals surface area (Å²) < 4.78 is 197. The highest BCUT2D eigenvalue weighted by Crippen LogP contribution is 2.38. The van der Waals surface area contributed by atoms with E-state index in [1.165, 1.54) is 0 Å².